The molecular weight excluding hydrogens is 358 g/mol. The molecule has 2 atom stereocenters. The number of cyclic esters (lactones) is 1. The minimum absolute atomic E-state index is 0.171. The normalized spacial score (nSPS) is 20.0. The van der Waals surface area contributed by atoms with Crippen molar-refractivity contribution >= 4 is 31.1 Å². The Labute approximate surface area is 160 Å². The van der Waals surface area contributed by atoms with Gasteiger partial charge in [-0.2, -0.15) is 0 Å². The van der Waals surface area contributed by atoms with Gasteiger partial charge in [0.15, 0.2) is 12.4 Å². The maximum Gasteiger partial charge on any atom is 0.408 e. The van der Waals surface area contributed by atoms with Crippen molar-refractivity contribution < 1.29 is 18.8 Å². The molecule has 0 aromatic heterocycles. The van der Waals surface area contributed by atoms with Crippen molar-refractivity contribution in [2.75, 3.05) is 6.61 Å². The molecule has 2 aromatic carbocycles. The fourth-order valence-corrected chi connectivity index (χ4v) is 8.29. The molecule has 1 N–H and O–H groups in total. The van der Waals surface area contributed by atoms with Gasteiger partial charge in [0.05, 0.1) is 12.6 Å². The van der Waals surface area contributed by atoms with E-state index in [4.69, 9.17) is 9.16 Å². The Kier molecular flexibility index (Phi) is 5.48. The predicted octanol–water partition coefficient (Wildman–Crippen LogP) is 2.24. The Morgan fingerprint density at radius 2 is 1.56 bits per heavy atom. The molecule has 1 amide bonds. The Bertz CT molecular complexity index is 749. The second-order valence-electron chi connectivity index (χ2n) is 7.73. The van der Waals surface area contributed by atoms with Crippen molar-refractivity contribution in [3.05, 3.63) is 60.7 Å². The summed E-state index contributed by atoms with van der Waals surface area (Å²) in [6.45, 7) is 6.75. The summed E-state index contributed by atoms with van der Waals surface area (Å²) in [6, 6.07) is 20.0. The van der Waals surface area contributed by atoms with E-state index >= 15 is 0 Å². The standard InChI is InChI=1S/C21H25NO4Si/c1-21(2,3)27(16-10-6-4-7-11-16,17-12-8-5-9-13-17)25-15-18-19(14-23)26-20(24)22-18/h4-14,18-19H,15H2,1-3H3,(H,22,24)/t18-,19+/m1/s1. The van der Waals surface area contributed by atoms with Gasteiger partial charge >= 0.3 is 6.09 Å². The van der Waals surface area contributed by atoms with Gasteiger partial charge in [-0.3, -0.25) is 4.79 Å². The van der Waals surface area contributed by atoms with Crippen LogP contribution in [0.1, 0.15) is 20.8 Å². The summed E-state index contributed by atoms with van der Waals surface area (Å²) in [4.78, 5) is 22.8. The summed E-state index contributed by atoms with van der Waals surface area (Å²) in [5.41, 5.74) is 0. The van der Waals surface area contributed by atoms with Crippen molar-refractivity contribution in [1.29, 1.82) is 0 Å². The van der Waals surface area contributed by atoms with E-state index in [1.54, 1.807) is 0 Å². The van der Waals surface area contributed by atoms with E-state index in [1.807, 2.05) is 36.4 Å². The van der Waals surface area contributed by atoms with Gasteiger partial charge in [0.1, 0.15) is 0 Å². The number of aldehydes is 1. The molecule has 1 saturated heterocycles. The first-order chi connectivity index (χ1) is 12.9. The van der Waals surface area contributed by atoms with Gasteiger partial charge in [-0.25, -0.2) is 4.79 Å². The zero-order valence-electron chi connectivity index (χ0n) is 15.8. The number of hydrogen-bond acceptors (Lipinski definition) is 4. The van der Waals surface area contributed by atoms with Crippen LogP contribution in [0.3, 0.4) is 0 Å². The van der Waals surface area contributed by atoms with Crippen molar-refractivity contribution in [3.63, 3.8) is 0 Å². The Morgan fingerprint density at radius 1 is 1.04 bits per heavy atom. The molecule has 142 valence electrons. The van der Waals surface area contributed by atoms with Gasteiger partial charge in [0.25, 0.3) is 8.32 Å². The smallest absolute Gasteiger partial charge is 0.408 e. The van der Waals surface area contributed by atoms with Crippen LogP contribution in [0, 0.1) is 0 Å². The lowest BCUT2D eigenvalue weighted by Gasteiger charge is -2.43. The SMILES string of the molecule is CC(C)(C)[Si](OC[C@H]1NC(=O)O[C@H]1C=O)(c1ccccc1)c1ccccc1. The van der Waals surface area contributed by atoms with Crippen molar-refractivity contribution in [3.8, 4) is 0 Å². The fraction of sp³-hybridized carbons (Fsp3) is 0.333. The van der Waals surface area contributed by atoms with E-state index in [0.717, 1.165) is 10.4 Å². The van der Waals surface area contributed by atoms with Crippen LogP contribution in [0.15, 0.2) is 60.7 Å². The van der Waals surface area contributed by atoms with E-state index in [0.29, 0.717) is 6.29 Å². The zero-order valence-corrected chi connectivity index (χ0v) is 16.8. The predicted molar refractivity (Wildman–Crippen MR) is 107 cm³/mol. The molecule has 0 aliphatic carbocycles. The van der Waals surface area contributed by atoms with Gasteiger partial charge in [-0.05, 0) is 15.4 Å². The van der Waals surface area contributed by atoms with Crippen LogP contribution >= 0.6 is 0 Å². The zero-order chi connectivity index (χ0) is 19.5. The third kappa shape index (κ3) is 3.68. The molecule has 3 rings (SSSR count). The van der Waals surface area contributed by atoms with Crippen molar-refractivity contribution in [2.24, 2.45) is 0 Å². The highest BCUT2D eigenvalue weighted by Crippen LogP contribution is 2.37. The van der Waals surface area contributed by atoms with E-state index in [-0.39, 0.29) is 11.6 Å². The molecule has 1 fully saturated rings. The highest BCUT2D eigenvalue weighted by atomic mass is 28.4. The molecule has 0 saturated carbocycles. The summed E-state index contributed by atoms with van der Waals surface area (Å²) in [7, 11) is -2.70. The minimum Gasteiger partial charge on any atom is -0.436 e. The van der Waals surface area contributed by atoms with Gasteiger partial charge in [0.2, 0.25) is 0 Å². The largest absolute Gasteiger partial charge is 0.436 e. The number of alkyl carbamates (subject to hydrolysis) is 1. The lowest BCUT2D eigenvalue weighted by molar-refractivity contribution is -0.114. The molecule has 1 heterocycles. The second kappa shape index (κ2) is 7.66. The van der Waals surface area contributed by atoms with Crippen molar-refractivity contribution in [2.45, 2.75) is 38.0 Å². The fourth-order valence-electron chi connectivity index (χ4n) is 3.71. The molecule has 27 heavy (non-hydrogen) atoms. The van der Waals surface area contributed by atoms with Crippen LogP contribution in [0.2, 0.25) is 5.04 Å². The Hall–Kier alpha value is -2.44. The van der Waals surface area contributed by atoms with Crippen molar-refractivity contribution in [1.82, 2.24) is 5.32 Å². The van der Waals surface area contributed by atoms with E-state index < -0.39 is 26.6 Å². The topological polar surface area (TPSA) is 64.6 Å². The van der Waals surface area contributed by atoms with E-state index in [1.165, 1.54) is 0 Å². The second-order valence-corrected chi connectivity index (χ2v) is 12.0. The minimum atomic E-state index is -2.70. The highest BCUT2D eigenvalue weighted by molar-refractivity contribution is 6.99. The third-order valence-corrected chi connectivity index (χ3v) is 9.98. The van der Waals surface area contributed by atoms with Gasteiger partial charge < -0.3 is 14.5 Å². The summed E-state index contributed by atoms with van der Waals surface area (Å²) in [5.74, 6) is 0. The average Bonchev–Trinajstić information content (AvgIpc) is 3.03. The van der Waals surface area contributed by atoms with Crippen LogP contribution in [-0.4, -0.2) is 39.4 Å². The lowest BCUT2D eigenvalue weighted by atomic mass is 10.2. The number of ether oxygens (including phenoxy) is 1. The summed E-state index contributed by atoms with van der Waals surface area (Å²) < 4.78 is 11.7. The Morgan fingerprint density at radius 3 is 2.00 bits per heavy atom. The maximum absolute atomic E-state index is 11.5. The number of hydrogen-bond donors (Lipinski definition) is 1. The molecular formula is C21H25NO4Si. The maximum atomic E-state index is 11.5. The number of amides is 1. The molecule has 0 unspecified atom stereocenters. The first kappa shape index (κ1) is 19.3. The van der Waals surface area contributed by atoms with Gasteiger partial charge in [-0.1, -0.05) is 81.4 Å². The molecule has 0 bridgehead atoms. The first-order valence-electron chi connectivity index (χ1n) is 9.06. The van der Waals surface area contributed by atoms with Gasteiger partial charge in [0, 0.05) is 0 Å². The molecule has 1 aliphatic rings. The van der Waals surface area contributed by atoms with Crippen LogP contribution in [0.25, 0.3) is 0 Å². The molecule has 0 radical (unpaired) electrons. The summed E-state index contributed by atoms with van der Waals surface area (Å²) in [5, 5.41) is 4.82. The number of nitrogens with one attached hydrogen (secondary N) is 1. The van der Waals surface area contributed by atoms with Crippen LogP contribution in [-0.2, 0) is 14.0 Å². The van der Waals surface area contributed by atoms with E-state index in [9.17, 15) is 9.59 Å². The highest BCUT2D eigenvalue weighted by Gasteiger charge is 2.51. The quantitative estimate of drug-likeness (QED) is 0.614. The van der Waals surface area contributed by atoms with Crippen LogP contribution in [0.5, 0.6) is 0 Å². The molecule has 0 spiro atoms. The summed E-state index contributed by atoms with van der Waals surface area (Å²) in [6.07, 6.45) is -0.754. The van der Waals surface area contributed by atoms with Crippen LogP contribution < -0.4 is 15.7 Å². The van der Waals surface area contributed by atoms with Crippen LogP contribution in [0.4, 0.5) is 4.79 Å². The Balaban J connectivity index is 2.04. The molecule has 6 heteroatoms. The van der Waals surface area contributed by atoms with Gasteiger partial charge in [-0.15, -0.1) is 0 Å². The monoisotopic (exact) mass is 383 g/mol. The number of rotatable bonds is 6. The molecule has 1 aliphatic heterocycles. The number of benzene rings is 2. The lowest BCUT2D eigenvalue weighted by Crippen LogP contribution is -2.67. The average molecular weight is 384 g/mol. The summed E-state index contributed by atoms with van der Waals surface area (Å²) >= 11 is 0. The number of carbonyl (C=O) groups excluding carboxylic acids is 2. The third-order valence-electron chi connectivity index (χ3n) is 4.97. The first-order valence-corrected chi connectivity index (χ1v) is 11.0. The van der Waals surface area contributed by atoms with E-state index in [2.05, 4.69) is 50.4 Å². The number of carbonyl (C=O) groups is 2. The molecule has 2 aromatic rings. The molecule has 5 nitrogen and oxygen atoms in total.